The summed E-state index contributed by atoms with van der Waals surface area (Å²) in [6.07, 6.45) is 0. The van der Waals surface area contributed by atoms with Crippen LogP contribution in [0.2, 0.25) is 0 Å². The van der Waals surface area contributed by atoms with Gasteiger partial charge in [-0.3, -0.25) is 0 Å². The lowest BCUT2D eigenvalue weighted by molar-refractivity contribution is 0.400. The van der Waals surface area contributed by atoms with E-state index in [1.807, 2.05) is 0 Å². The highest BCUT2D eigenvalue weighted by Gasteiger charge is 2.21. The molecular formula is C9H11FO3S. The molecule has 0 aromatic heterocycles. The van der Waals surface area contributed by atoms with Gasteiger partial charge < -0.3 is 4.74 Å². The van der Waals surface area contributed by atoms with E-state index in [-0.39, 0.29) is 10.6 Å². The number of benzene rings is 1. The van der Waals surface area contributed by atoms with Gasteiger partial charge in [0.25, 0.3) is 0 Å². The van der Waals surface area contributed by atoms with Gasteiger partial charge in [0.15, 0.2) is 0 Å². The van der Waals surface area contributed by atoms with E-state index in [2.05, 4.69) is 0 Å². The molecule has 0 N–H and O–H groups in total. The van der Waals surface area contributed by atoms with Gasteiger partial charge in [0, 0.05) is 0 Å². The quantitative estimate of drug-likeness (QED) is 0.713. The van der Waals surface area contributed by atoms with E-state index in [1.165, 1.54) is 20.1 Å². The van der Waals surface area contributed by atoms with Crippen LogP contribution in [-0.2, 0) is 10.2 Å². The second-order valence-electron chi connectivity index (χ2n) is 3.05. The third kappa shape index (κ3) is 2.04. The number of aryl methyl sites for hydroxylation is 2. The second-order valence-corrected chi connectivity index (χ2v) is 4.33. The lowest BCUT2D eigenvalue weighted by Crippen LogP contribution is -2.00. The van der Waals surface area contributed by atoms with E-state index in [0.717, 1.165) is 5.56 Å². The number of hydrogen-bond acceptors (Lipinski definition) is 3. The van der Waals surface area contributed by atoms with Crippen molar-refractivity contribution in [3.8, 4) is 5.75 Å². The maximum atomic E-state index is 12.9. The van der Waals surface area contributed by atoms with Gasteiger partial charge in [-0.2, -0.15) is 8.42 Å². The number of ether oxygens (including phenoxy) is 1. The lowest BCUT2D eigenvalue weighted by Gasteiger charge is -2.08. The van der Waals surface area contributed by atoms with Crippen molar-refractivity contribution in [3.63, 3.8) is 0 Å². The summed E-state index contributed by atoms with van der Waals surface area (Å²) in [6.45, 7) is 3.31. The molecule has 0 fully saturated rings. The van der Waals surface area contributed by atoms with Crippen LogP contribution in [0.15, 0.2) is 17.0 Å². The van der Waals surface area contributed by atoms with E-state index in [9.17, 15) is 12.3 Å². The average molecular weight is 218 g/mol. The molecule has 78 valence electrons. The van der Waals surface area contributed by atoms with Crippen LogP contribution < -0.4 is 4.74 Å². The van der Waals surface area contributed by atoms with Crippen LogP contribution in [0.25, 0.3) is 0 Å². The molecule has 0 atom stereocenters. The molecule has 5 heteroatoms. The van der Waals surface area contributed by atoms with Gasteiger partial charge in [-0.25, -0.2) is 0 Å². The summed E-state index contributed by atoms with van der Waals surface area (Å²) in [7, 11) is -3.41. The highest BCUT2D eigenvalue weighted by Crippen LogP contribution is 2.29. The zero-order valence-corrected chi connectivity index (χ0v) is 8.98. The summed E-state index contributed by atoms with van der Waals surface area (Å²) in [6, 6.07) is 3.08. The predicted octanol–water partition coefficient (Wildman–Crippen LogP) is 1.97. The average Bonchev–Trinajstić information content (AvgIpc) is 1.99. The van der Waals surface area contributed by atoms with Gasteiger partial charge in [-0.05, 0) is 31.0 Å². The smallest absolute Gasteiger partial charge is 0.336 e. The number of rotatable bonds is 2. The minimum atomic E-state index is -4.72. The molecule has 1 rings (SSSR count). The number of hydrogen-bond donors (Lipinski definition) is 0. The van der Waals surface area contributed by atoms with Crippen LogP contribution in [0, 0.1) is 13.8 Å². The molecule has 0 saturated carbocycles. The van der Waals surface area contributed by atoms with Crippen LogP contribution in [0.3, 0.4) is 0 Å². The van der Waals surface area contributed by atoms with Crippen molar-refractivity contribution < 1.29 is 17.0 Å². The van der Waals surface area contributed by atoms with Crippen LogP contribution in [0.4, 0.5) is 3.89 Å². The van der Waals surface area contributed by atoms with E-state index < -0.39 is 10.2 Å². The maximum absolute atomic E-state index is 12.9. The molecule has 14 heavy (non-hydrogen) atoms. The van der Waals surface area contributed by atoms with E-state index in [4.69, 9.17) is 4.74 Å². The first kappa shape index (κ1) is 11.0. The molecule has 0 heterocycles. The van der Waals surface area contributed by atoms with Crippen LogP contribution in [0.5, 0.6) is 5.75 Å². The van der Waals surface area contributed by atoms with Crippen molar-refractivity contribution in [2.75, 3.05) is 7.11 Å². The third-order valence-corrected chi connectivity index (χ3v) is 2.86. The Balaban J connectivity index is 3.57. The predicted molar refractivity (Wildman–Crippen MR) is 50.8 cm³/mol. The summed E-state index contributed by atoms with van der Waals surface area (Å²) in [5.41, 5.74) is 1.18. The fourth-order valence-electron chi connectivity index (χ4n) is 1.38. The molecule has 0 radical (unpaired) electrons. The van der Waals surface area contributed by atoms with Crippen molar-refractivity contribution in [2.45, 2.75) is 18.7 Å². The Morgan fingerprint density at radius 2 is 1.86 bits per heavy atom. The Morgan fingerprint density at radius 3 is 2.29 bits per heavy atom. The third-order valence-electron chi connectivity index (χ3n) is 1.85. The minimum Gasteiger partial charge on any atom is -0.495 e. The largest absolute Gasteiger partial charge is 0.495 e. The lowest BCUT2D eigenvalue weighted by atomic mass is 10.1. The molecule has 1 aromatic carbocycles. The van der Waals surface area contributed by atoms with Gasteiger partial charge in [0.1, 0.15) is 10.6 Å². The van der Waals surface area contributed by atoms with Crippen LogP contribution in [-0.4, -0.2) is 15.5 Å². The zero-order valence-electron chi connectivity index (χ0n) is 8.17. The summed E-state index contributed by atoms with van der Waals surface area (Å²) < 4.78 is 39.3. The first-order valence-electron chi connectivity index (χ1n) is 3.96. The molecular weight excluding hydrogens is 207 g/mol. The summed E-state index contributed by atoms with van der Waals surface area (Å²) in [5.74, 6) is 0.0463. The van der Waals surface area contributed by atoms with Gasteiger partial charge >= 0.3 is 10.2 Å². The molecule has 0 amide bonds. The first-order chi connectivity index (χ1) is 6.36. The Morgan fingerprint density at radius 1 is 1.29 bits per heavy atom. The van der Waals surface area contributed by atoms with Crippen LogP contribution >= 0.6 is 0 Å². The minimum absolute atomic E-state index is 0.0463. The molecule has 3 nitrogen and oxygen atoms in total. The highest BCUT2D eigenvalue weighted by atomic mass is 32.3. The summed E-state index contributed by atoms with van der Waals surface area (Å²) in [5, 5.41) is 0. The molecule has 1 aromatic rings. The first-order valence-corrected chi connectivity index (χ1v) is 5.34. The Labute approximate surface area is 82.7 Å². The topological polar surface area (TPSA) is 43.4 Å². The molecule has 0 unspecified atom stereocenters. The SMILES string of the molecule is COc1cc(C)cc(C)c1S(=O)(=O)F. The van der Waals surface area contributed by atoms with Gasteiger partial charge in [-0.1, -0.05) is 6.07 Å². The van der Waals surface area contributed by atoms with E-state index in [1.54, 1.807) is 13.0 Å². The van der Waals surface area contributed by atoms with Crippen molar-refractivity contribution in [3.05, 3.63) is 23.3 Å². The van der Waals surface area contributed by atoms with Crippen molar-refractivity contribution in [2.24, 2.45) is 0 Å². The molecule has 0 saturated heterocycles. The molecule has 0 aliphatic carbocycles. The van der Waals surface area contributed by atoms with Gasteiger partial charge in [-0.15, -0.1) is 3.89 Å². The zero-order chi connectivity index (χ0) is 10.9. The molecule has 0 aliphatic heterocycles. The normalized spacial score (nSPS) is 11.4. The Kier molecular flexibility index (Phi) is 2.80. The summed E-state index contributed by atoms with van der Waals surface area (Å²) >= 11 is 0. The Hall–Kier alpha value is -1.10. The van der Waals surface area contributed by atoms with Gasteiger partial charge in [0.2, 0.25) is 0 Å². The fourth-order valence-corrected chi connectivity index (χ4v) is 2.21. The van der Waals surface area contributed by atoms with Crippen molar-refractivity contribution >= 4 is 10.2 Å². The Bertz CT molecular complexity index is 451. The number of halogens is 1. The molecule has 0 bridgehead atoms. The standard InChI is InChI=1S/C9H11FO3S/c1-6-4-7(2)9(14(10,11)12)8(5-6)13-3/h4-5H,1-3H3. The number of methoxy groups -OCH3 is 1. The van der Waals surface area contributed by atoms with E-state index >= 15 is 0 Å². The fraction of sp³-hybridized carbons (Fsp3) is 0.333. The maximum Gasteiger partial charge on any atom is 0.336 e. The monoisotopic (exact) mass is 218 g/mol. The summed E-state index contributed by atoms with van der Waals surface area (Å²) in [4.78, 5) is -0.384. The second kappa shape index (κ2) is 3.57. The molecule has 0 spiro atoms. The van der Waals surface area contributed by atoms with Crippen molar-refractivity contribution in [1.29, 1.82) is 0 Å². The van der Waals surface area contributed by atoms with E-state index in [0.29, 0.717) is 5.56 Å². The van der Waals surface area contributed by atoms with Gasteiger partial charge in [0.05, 0.1) is 7.11 Å². The highest BCUT2D eigenvalue weighted by molar-refractivity contribution is 7.86. The van der Waals surface area contributed by atoms with Crippen molar-refractivity contribution in [1.82, 2.24) is 0 Å². The van der Waals surface area contributed by atoms with Crippen LogP contribution in [0.1, 0.15) is 11.1 Å². The molecule has 0 aliphatic rings.